The summed E-state index contributed by atoms with van der Waals surface area (Å²) in [5.41, 5.74) is 7.57. The molecule has 6 aromatic carbocycles. The third-order valence-corrected chi connectivity index (χ3v) is 24.3. The van der Waals surface area contributed by atoms with Crippen LogP contribution in [-0.2, 0) is 79.9 Å². The van der Waals surface area contributed by atoms with Gasteiger partial charge in [-0.15, -0.1) is 0 Å². The number of sulfonamides is 1. The first-order chi connectivity index (χ1) is 61.1. The smallest absolute Gasteiger partial charge is 0.325 e. The number of H-pyrrole nitrogens is 1. The van der Waals surface area contributed by atoms with Gasteiger partial charge in [-0.3, -0.25) is 97.5 Å². The van der Waals surface area contributed by atoms with E-state index in [0.717, 1.165) is 81.2 Å². The van der Waals surface area contributed by atoms with Gasteiger partial charge in [0, 0.05) is 117 Å². The van der Waals surface area contributed by atoms with E-state index < -0.39 is 237 Å². The summed E-state index contributed by atoms with van der Waals surface area (Å²) in [6, 6.07) is 32.0. The molecule has 0 spiro atoms. The van der Waals surface area contributed by atoms with Gasteiger partial charge in [-0.1, -0.05) is 111 Å². The lowest BCUT2D eigenvalue weighted by atomic mass is 10.1. The molecule has 10 N–H and O–H groups in total. The Labute approximate surface area is 749 Å². The number of para-hydroxylation sites is 1. The van der Waals surface area contributed by atoms with Crippen molar-refractivity contribution in [3.8, 4) is 0 Å². The molecule has 0 fully saturated rings. The van der Waals surface area contributed by atoms with Crippen LogP contribution in [0, 0.1) is 46.4 Å². The van der Waals surface area contributed by atoms with Crippen LogP contribution in [0.25, 0.3) is 10.9 Å². The van der Waals surface area contributed by atoms with E-state index in [1.165, 1.54) is 86.3 Å². The summed E-state index contributed by atoms with van der Waals surface area (Å²) in [4.78, 5) is 246. The molecule has 7 rings (SSSR count). The molecule has 130 heavy (non-hydrogen) atoms. The highest BCUT2D eigenvalue weighted by molar-refractivity contribution is 7.89. The van der Waals surface area contributed by atoms with Crippen molar-refractivity contribution in [3.63, 3.8) is 0 Å². The SMILES string of the molecule is CC(C)CCN(CC(=O)N(CCS(N)(=O)=O)CC(=O)N(CC(N)=O)[C@@H](C)c1ccc([N+](=O)[O-])cc1)C(=O)CN(CCCP(=O)(O)O)C(=O)CN(C(=O)CN(CCc1c[nH]c2ccccc12)C(=O)CN(CCCCP(=O)(O)O)C(=O)CN(C(=O)CN(CCc1ccccc1)C(=O)CN[C@H](C)c1ccc([N+](=O)[O-])cc1)[C@@H](C)c1ccc([N+](=O)[O-])cc1)[C@H](C)c1ccc([N+](=O)[O-])cc1. The number of primary amides is 1. The van der Waals surface area contributed by atoms with Gasteiger partial charge in [-0.25, -0.2) is 13.6 Å². The molecule has 1 aromatic heterocycles. The number of nitrogens with zero attached hydrogens (tertiary/aromatic N) is 13. The molecule has 0 aliphatic rings. The number of nitro groups is 4. The third-order valence-electron chi connectivity index (χ3n) is 21.8. The van der Waals surface area contributed by atoms with Crippen LogP contribution in [0.1, 0.15) is 125 Å². The van der Waals surface area contributed by atoms with Crippen molar-refractivity contribution in [2.75, 3.05) is 123 Å². The summed E-state index contributed by atoms with van der Waals surface area (Å²) in [6.07, 6.45) is -0.587. The van der Waals surface area contributed by atoms with Crippen LogP contribution in [0.3, 0.4) is 0 Å². The van der Waals surface area contributed by atoms with Crippen LogP contribution in [0.4, 0.5) is 22.7 Å². The predicted octanol–water partition coefficient (Wildman–Crippen LogP) is 6.02. The van der Waals surface area contributed by atoms with E-state index in [-0.39, 0.29) is 98.0 Å². The number of unbranched alkanes of at least 4 members (excludes halogenated alkanes) is 1. The standard InChI is InChI=1S/C84H109N17O26P2S/c1-58(2)35-40-92(52-79(106)94(43-46-130(86,126)127)55-82(109)95(49-75(85)102)60(4)65-21-29-70(30-22-65)99(114)115)77(104)51-90(39-14-45-129(123,124)125)81(108)57-97(62(6)67-25-33-72(34-26-67)101(118)119)84(111)54-93(42-37-68-47-88-74-18-11-10-17-73(68)74)78(105)50-89(38-12-13-44-128(120,121)122)80(107)56-96(61(5)66-23-31-71(32-24-66)100(116)117)83(110)53-91(41-36-63-15-8-7-9-16-63)76(103)48-87-59(3)64-19-27-69(28-20-64)98(112)113/h7-11,15-34,47,58-62,87-88H,12-14,35-46,48-57H2,1-6H3,(H2,85,102)(H2,86,126,127)(H2,120,121,122)(H2,123,124,125)/t59-,60+,61+,62-/m1/s1. The number of aromatic amines is 1. The van der Waals surface area contributed by atoms with Crippen LogP contribution in [0.2, 0.25) is 0 Å². The molecule has 0 saturated heterocycles. The summed E-state index contributed by atoms with van der Waals surface area (Å²) in [6.45, 7) is -1.80. The average Bonchev–Trinajstić information content (AvgIpc) is 1.46. The van der Waals surface area contributed by atoms with Crippen LogP contribution < -0.4 is 16.2 Å². The second-order valence-corrected chi connectivity index (χ2v) is 37.0. The molecule has 7 aromatic rings. The Kier molecular flexibility index (Phi) is 39.1. The molecule has 43 nitrogen and oxygen atoms in total. The van der Waals surface area contributed by atoms with E-state index in [1.807, 2.05) is 0 Å². The number of hydrogen-bond acceptors (Lipinski definition) is 23. The highest BCUT2D eigenvalue weighted by Crippen LogP contribution is 2.37. The van der Waals surface area contributed by atoms with Crippen LogP contribution >= 0.6 is 15.2 Å². The number of hydrogen-bond donors (Lipinski definition) is 8. The molecule has 0 aliphatic heterocycles. The Morgan fingerprint density at radius 3 is 1.17 bits per heavy atom. The van der Waals surface area contributed by atoms with E-state index >= 15 is 28.8 Å². The van der Waals surface area contributed by atoms with Crippen LogP contribution in [0.5, 0.6) is 0 Å². The maximum absolute atomic E-state index is 15.9. The number of carbonyl (C=O) groups excluding carboxylic acids is 10. The highest BCUT2D eigenvalue weighted by atomic mass is 32.2. The van der Waals surface area contributed by atoms with E-state index in [2.05, 4.69) is 10.3 Å². The number of nitrogens with one attached hydrogen (secondary N) is 2. The van der Waals surface area contributed by atoms with Gasteiger partial charge in [0.2, 0.25) is 69.1 Å². The minimum atomic E-state index is -4.89. The molecule has 46 heteroatoms. The molecule has 0 unspecified atom stereocenters. The Hall–Kier alpha value is -12.7. The van der Waals surface area contributed by atoms with E-state index in [1.54, 1.807) is 81.6 Å². The van der Waals surface area contributed by atoms with E-state index in [9.17, 15) is 96.8 Å². The summed E-state index contributed by atoms with van der Waals surface area (Å²) in [7, 11) is -14.0. The summed E-state index contributed by atoms with van der Waals surface area (Å²) in [5.74, 6) is -11.0. The van der Waals surface area contributed by atoms with Crippen LogP contribution in [0.15, 0.2) is 158 Å². The molecular weight excluding hydrogens is 1760 g/mol. The fourth-order valence-corrected chi connectivity index (χ4v) is 15.7. The highest BCUT2D eigenvalue weighted by Gasteiger charge is 2.37. The normalized spacial score (nSPS) is 12.5. The minimum Gasteiger partial charge on any atom is -0.368 e. The van der Waals surface area contributed by atoms with Gasteiger partial charge in [-0.2, -0.15) is 0 Å². The first-order valence-electron chi connectivity index (χ1n) is 41.4. The molecule has 10 amide bonds. The summed E-state index contributed by atoms with van der Waals surface area (Å²) in [5, 5.41) is 56.1. The van der Waals surface area contributed by atoms with Gasteiger partial charge >= 0.3 is 15.2 Å². The minimum absolute atomic E-state index is 0.0429. The van der Waals surface area contributed by atoms with Crippen molar-refractivity contribution in [1.82, 2.24) is 54.4 Å². The van der Waals surface area contributed by atoms with Gasteiger partial charge in [0.05, 0.1) is 102 Å². The quantitative estimate of drug-likeness (QED) is 0.00934. The zero-order chi connectivity index (χ0) is 96.1. The number of carbonyl (C=O) groups is 10. The maximum Gasteiger partial charge on any atom is 0.325 e. The monoisotopic (exact) mass is 1870 g/mol. The summed E-state index contributed by atoms with van der Waals surface area (Å²) >= 11 is 0. The van der Waals surface area contributed by atoms with E-state index in [4.69, 9.17) is 10.9 Å². The van der Waals surface area contributed by atoms with Gasteiger partial charge in [0.15, 0.2) is 0 Å². The number of rotatable bonds is 53. The Balaban J connectivity index is 1.28. The second-order valence-electron chi connectivity index (χ2n) is 31.7. The molecule has 1 heterocycles. The van der Waals surface area contributed by atoms with Crippen LogP contribution in [-0.4, -0.2) is 279 Å². The number of aromatic nitrogens is 1. The predicted molar refractivity (Wildman–Crippen MR) is 475 cm³/mol. The molecule has 0 aliphatic carbocycles. The fourth-order valence-electron chi connectivity index (χ4n) is 14.0. The average molecular weight is 1870 g/mol. The fraction of sp³-hybridized carbons (Fsp3) is 0.429. The van der Waals surface area contributed by atoms with Crippen molar-refractivity contribution >= 4 is 118 Å². The second kappa shape index (κ2) is 48.7. The third kappa shape index (κ3) is 33.4. The summed E-state index contributed by atoms with van der Waals surface area (Å²) < 4.78 is 49.9. The lowest BCUT2D eigenvalue weighted by Crippen LogP contribution is -2.53. The Morgan fingerprint density at radius 1 is 0.415 bits per heavy atom. The van der Waals surface area contributed by atoms with Crippen molar-refractivity contribution < 1.29 is 105 Å². The first kappa shape index (κ1) is 104. The lowest BCUT2D eigenvalue weighted by molar-refractivity contribution is -0.385. The maximum atomic E-state index is 15.9. The number of non-ortho nitro benzene ring substituents is 4. The molecule has 0 bridgehead atoms. The number of benzene rings is 6. The van der Waals surface area contributed by atoms with Gasteiger partial charge in [-0.05, 0) is 112 Å². The Morgan fingerprint density at radius 2 is 0.762 bits per heavy atom. The number of nitrogens with two attached hydrogens (primary N) is 2. The number of primary sulfonamides is 1. The molecule has 4 atom stereocenters. The van der Waals surface area contributed by atoms with Crippen molar-refractivity contribution in [2.45, 2.75) is 104 Å². The van der Waals surface area contributed by atoms with Gasteiger partial charge in [0.1, 0.15) is 13.1 Å². The van der Waals surface area contributed by atoms with Gasteiger partial charge in [0.25, 0.3) is 22.7 Å². The lowest BCUT2D eigenvalue weighted by Gasteiger charge is -2.35. The number of fused-ring (bicyclic) bond motifs is 1. The molecule has 0 saturated carbocycles. The topological polar surface area (TPSA) is 601 Å². The number of amides is 10. The molecule has 702 valence electrons. The van der Waals surface area contributed by atoms with Crippen molar-refractivity contribution in [3.05, 3.63) is 232 Å². The van der Waals surface area contributed by atoms with E-state index in [0.29, 0.717) is 22.0 Å². The molecule has 0 radical (unpaired) electrons. The Bertz CT molecular complexity index is 5380. The molecular formula is C84H109N17O26P2S. The van der Waals surface area contributed by atoms with Crippen molar-refractivity contribution in [2.24, 2.45) is 16.8 Å². The zero-order valence-electron chi connectivity index (χ0n) is 72.6. The number of nitro benzene ring substituents is 4. The zero-order valence-corrected chi connectivity index (χ0v) is 75.2. The first-order valence-corrected chi connectivity index (χ1v) is 46.7. The van der Waals surface area contributed by atoms with Crippen molar-refractivity contribution in [1.29, 1.82) is 0 Å². The largest absolute Gasteiger partial charge is 0.368 e. The van der Waals surface area contributed by atoms with Gasteiger partial charge < -0.3 is 79.7 Å².